The number of pyridine rings is 1. The van der Waals surface area contributed by atoms with Crippen molar-refractivity contribution in [1.82, 2.24) is 10.3 Å². The number of hydrogen-bond acceptors (Lipinski definition) is 3. The van der Waals surface area contributed by atoms with Crippen molar-refractivity contribution in [2.24, 2.45) is 0 Å². The number of hydrogen-bond donors (Lipinski definition) is 1. The molecule has 2 atom stereocenters. The second-order valence-corrected chi connectivity index (χ2v) is 5.50. The first-order valence-corrected chi connectivity index (χ1v) is 7.51. The molecule has 96 valence electrons. The number of rotatable bonds is 7. The van der Waals surface area contributed by atoms with Gasteiger partial charge in [-0.15, -0.1) is 0 Å². The number of halogens is 1. The summed E-state index contributed by atoms with van der Waals surface area (Å²) in [5.74, 6) is 0.394. The SMILES string of the molecule is CCC(NCCCS(C)=O)c1ccc(F)cn1. The Balaban J connectivity index is 2.43. The molecule has 0 aliphatic heterocycles. The minimum Gasteiger partial charge on any atom is -0.309 e. The van der Waals surface area contributed by atoms with Gasteiger partial charge in [-0.3, -0.25) is 9.19 Å². The molecule has 0 saturated heterocycles. The van der Waals surface area contributed by atoms with Crippen LogP contribution in [0, 0.1) is 5.82 Å². The average Bonchev–Trinajstić information content (AvgIpc) is 2.30. The second kappa shape index (κ2) is 7.50. The Hall–Kier alpha value is -0.810. The van der Waals surface area contributed by atoms with Crippen LogP contribution in [0.4, 0.5) is 4.39 Å². The molecule has 5 heteroatoms. The van der Waals surface area contributed by atoms with E-state index in [9.17, 15) is 8.60 Å². The van der Waals surface area contributed by atoms with Crippen LogP contribution in [0.1, 0.15) is 31.5 Å². The zero-order chi connectivity index (χ0) is 12.7. The fourth-order valence-electron chi connectivity index (χ4n) is 1.60. The topological polar surface area (TPSA) is 42.0 Å². The fourth-order valence-corrected chi connectivity index (χ4v) is 2.15. The van der Waals surface area contributed by atoms with Crippen molar-refractivity contribution in [1.29, 1.82) is 0 Å². The quantitative estimate of drug-likeness (QED) is 0.761. The Bertz CT molecular complexity index is 356. The molecule has 0 fully saturated rings. The van der Waals surface area contributed by atoms with Crippen LogP contribution in [0.15, 0.2) is 18.3 Å². The molecule has 3 nitrogen and oxygen atoms in total. The van der Waals surface area contributed by atoms with Crippen LogP contribution in [0.2, 0.25) is 0 Å². The van der Waals surface area contributed by atoms with E-state index in [-0.39, 0.29) is 11.9 Å². The third-order valence-electron chi connectivity index (χ3n) is 2.51. The molecule has 1 rings (SSSR count). The summed E-state index contributed by atoms with van der Waals surface area (Å²) >= 11 is 0. The molecule has 1 aromatic rings. The molecule has 0 aliphatic rings. The van der Waals surface area contributed by atoms with Gasteiger partial charge in [-0.2, -0.15) is 0 Å². The van der Waals surface area contributed by atoms with Crippen LogP contribution in [0.5, 0.6) is 0 Å². The molecule has 1 aromatic heterocycles. The molecule has 0 amide bonds. The molecular formula is C12H19FN2OS. The Morgan fingerprint density at radius 3 is 2.82 bits per heavy atom. The van der Waals surface area contributed by atoms with Crippen LogP contribution < -0.4 is 5.32 Å². The molecule has 17 heavy (non-hydrogen) atoms. The van der Waals surface area contributed by atoms with Gasteiger partial charge in [0, 0.05) is 28.9 Å². The van der Waals surface area contributed by atoms with E-state index in [4.69, 9.17) is 0 Å². The van der Waals surface area contributed by atoms with Crippen molar-refractivity contribution in [2.75, 3.05) is 18.6 Å². The van der Waals surface area contributed by atoms with Gasteiger partial charge in [0.15, 0.2) is 0 Å². The standard InChI is InChI=1S/C12H19FN2OS/c1-3-11(14-7-4-8-17(2)16)12-6-5-10(13)9-15-12/h5-6,9,11,14H,3-4,7-8H2,1-2H3. The molecule has 0 aromatic carbocycles. The summed E-state index contributed by atoms with van der Waals surface area (Å²) in [6.07, 6.45) is 4.72. The van der Waals surface area contributed by atoms with E-state index in [0.717, 1.165) is 25.1 Å². The van der Waals surface area contributed by atoms with Gasteiger partial charge in [0.2, 0.25) is 0 Å². The summed E-state index contributed by atoms with van der Waals surface area (Å²) in [5, 5.41) is 3.34. The first-order valence-electron chi connectivity index (χ1n) is 5.78. The highest BCUT2D eigenvalue weighted by molar-refractivity contribution is 7.84. The smallest absolute Gasteiger partial charge is 0.141 e. The van der Waals surface area contributed by atoms with Gasteiger partial charge in [0.05, 0.1) is 11.9 Å². The minimum atomic E-state index is -0.735. The Morgan fingerprint density at radius 2 is 2.29 bits per heavy atom. The van der Waals surface area contributed by atoms with Crippen LogP contribution in [0.25, 0.3) is 0 Å². The van der Waals surface area contributed by atoms with Gasteiger partial charge in [-0.05, 0) is 31.5 Å². The minimum absolute atomic E-state index is 0.140. The molecule has 1 N–H and O–H groups in total. The highest BCUT2D eigenvalue weighted by Crippen LogP contribution is 2.13. The van der Waals surface area contributed by atoms with Crippen molar-refractivity contribution in [2.45, 2.75) is 25.8 Å². The van der Waals surface area contributed by atoms with Gasteiger partial charge in [-0.1, -0.05) is 6.92 Å². The summed E-state index contributed by atoms with van der Waals surface area (Å²) in [4.78, 5) is 4.07. The van der Waals surface area contributed by atoms with Gasteiger partial charge in [0.25, 0.3) is 0 Å². The molecule has 0 saturated carbocycles. The monoisotopic (exact) mass is 258 g/mol. The van der Waals surface area contributed by atoms with E-state index in [1.165, 1.54) is 12.3 Å². The lowest BCUT2D eigenvalue weighted by Crippen LogP contribution is -2.23. The summed E-state index contributed by atoms with van der Waals surface area (Å²) in [6.45, 7) is 2.86. The third kappa shape index (κ3) is 5.37. The summed E-state index contributed by atoms with van der Waals surface area (Å²) < 4.78 is 23.6. The van der Waals surface area contributed by atoms with Gasteiger partial charge in [-0.25, -0.2) is 4.39 Å². The zero-order valence-electron chi connectivity index (χ0n) is 10.3. The molecule has 0 aliphatic carbocycles. The number of nitrogens with zero attached hydrogens (tertiary/aromatic N) is 1. The Morgan fingerprint density at radius 1 is 1.53 bits per heavy atom. The largest absolute Gasteiger partial charge is 0.309 e. The van der Waals surface area contributed by atoms with Crippen molar-refractivity contribution >= 4 is 10.8 Å². The highest BCUT2D eigenvalue weighted by Gasteiger charge is 2.09. The molecule has 0 spiro atoms. The van der Waals surface area contributed by atoms with Crippen LogP contribution in [0.3, 0.4) is 0 Å². The summed E-state index contributed by atoms with van der Waals surface area (Å²) in [6, 6.07) is 3.27. The van der Waals surface area contributed by atoms with Gasteiger partial charge >= 0.3 is 0 Å². The maximum absolute atomic E-state index is 12.7. The second-order valence-electron chi connectivity index (χ2n) is 3.95. The van der Waals surface area contributed by atoms with Crippen molar-refractivity contribution < 1.29 is 8.60 Å². The Kier molecular flexibility index (Phi) is 6.29. The lowest BCUT2D eigenvalue weighted by atomic mass is 10.1. The maximum atomic E-state index is 12.7. The average molecular weight is 258 g/mol. The van der Waals surface area contributed by atoms with Crippen LogP contribution in [-0.2, 0) is 10.8 Å². The summed E-state index contributed by atoms with van der Waals surface area (Å²) in [7, 11) is -0.735. The number of aromatic nitrogens is 1. The van der Waals surface area contributed by atoms with E-state index >= 15 is 0 Å². The maximum Gasteiger partial charge on any atom is 0.141 e. The predicted octanol–water partition coefficient (Wildman–Crippen LogP) is 2.03. The summed E-state index contributed by atoms with van der Waals surface area (Å²) in [5.41, 5.74) is 0.853. The highest BCUT2D eigenvalue weighted by atomic mass is 32.2. The van der Waals surface area contributed by atoms with E-state index < -0.39 is 10.8 Å². The lowest BCUT2D eigenvalue weighted by molar-refractivity contribution is 0.504. The molecule has 2 unspecified atom stereocenters. The van der Waals surface area contributed by atoms with E-state index in [1.54, 1.807) is 12.3 Å². The zero-order valence-corrected chi connectivity index (χ0v) is 11.1. The predicted molar refractivity (Wildman–Crippen MR) is 68.8 cm³/mol. The van der Waals surface area contributed by atoms with E-state index in [2.05, 4.69) is 17.2 Å². The molecule has 0 radical (unpaired) electrons. The van der Waals surface area contributed by atoms with Crippen LogP contribution >= 0.6 is 0 Å². The fraction of sp³-hybridized carbons (Fsp3) is 0.583. The van der Waals surface area contributed by atoms with Crippen LogP contribution in [-0.4, -0.2) is 27.7 Å². The van der Waals surface area contributed by atoms with E-state index in [1.807, 2.05) is 0 Å². The van der Waals surface area contributed by atoms with Crippen molar-refractivity contribution in [3.05, 3.63) is 29.8 Å². The first-order chi connectivity index (χ1) is 8.13. The van der Waals surface area contributed by atoms with Gasteiger partial charge < -0.3 is 5.32 Å². The molecule has 1 heterocycles. The van der Waals surface area contributed by atoms with Crippen molar-refractivity contribution in [3.8, 4) is 0 Å². The normalized spacial score (nSPS) is 14.5. The third-order valence-corrected chi connectivity index (χ3v) is 3.38. The first kappa shape index (κ1) is 14.3. The van der Waals surface area contributed by atoms with Gasteiger partial charge in [0.1, 0.15) is 5.82 Å². The van der Waals surface area contributed by atoms with E-state index in [0.29, 0.717) is 5.75 Å². The lowest BCUT2D eigenvalue weighted by Gasteiger charge is -2.16. The number of nitrogens with one attached hydrogen (secondary N) is 1. The molecule has 0 bridgehead atoms. The molecular weight excluding hydrogens is 239 g/mol. The van der Waals surface area contributed by atoms with Crippen molar-refractivity contribution in [3.63, 3.8) is 0 Å². The Labute approximate surface area is 104 Å².